The van der Waals surface area contributed by atoms with Crippen molar-refractivity contribution in [1.29, 1.82) is 0 Å². The number of methoxy groups -OCH3 is 1. The summed E-state index contributed by atoms with van der Waals surface area (Å²) >= 11 is 2.01. The molecule has 0 saturated carbocycles. The number of hydrogen-bond acceptors (Lipinski definition) is 8. The number of ether oxygens (including phenoxy) is 3. The molecular weight excluding hydrogens is 583 g/mol. The first-order valence-electron chi connectivity index (χ1n) is 12.0. The quantitative estimate of drug-likeness (QED) is 0.251. The van der Waals surface area contributed by atoms with E-state index in [0.29, 0.717) is 45.6 Å². The molecule has 1 saturated heterocycles. The molecule has 1 aromatic carbocycles. The largest absolute Gasteiger partial charge is 0.493 e. The zero-order chi connectivity index (χ0) is 26.2. The number of rotatable bonds is 11. The molecule has 0 bridgehead atoms. The SMILES string of the molecule is CCC(=O)N(C[C@H]1CCCO1)[C@@H]1CC(C(=O)NCCO)=C[C@H](Oc2c(I)cc(C=O)cc2OC)[C@H]1O. The molecule has 3 rings (SSSR count). The molecule has 0 radical (unpaired) electrons. The van der Waals surface area contributed by atoms with Crippen LogP contribution in [0, 0.1) is 3.57 Å². The predicted molar refractivity (Wildman–Crippen MR) is 139 cm³/mol. The molecule has 1 aromatic rings. The maximum Gasteiger partial charge on any atom is 0.247 e. The number of aliphatic hydroxyl groups excluding tert-OH is 2. The van der Waals surface area contributed by atoms with Crippen LogP contribution in [0.1, 0.15) is 43.0 Å². The molecule has 10 nitrogen and oxygen atoms in total. The second-order valence-corrected chi connectivity index (χ2v) is 9.86. The summed E-state index contributed by atoms with van der Waals surface area (Å²) in [4.78, 5) is 38.7. The van der Waals surface area contributed by atoms with E-state index in [9.17, 15) is 19.5 Å². The summed E-state index contributed by atoms with van der Waals surface area (Å²) in [5.41, 5.74) is 0.741. The number of amides is 2. The van der Waals surface area contributed by atoms with Gasteiger partial charge in [0.1, 0.15) is 18.5 Å². The van der Waals surface area contributed by atoms with Gasteiger partial charge in [-0.15, -0.1) is 0 Å². The minimum atomic E-state index is -1.15. The average molecular weight is 616 g/mol. The summed E-state index contributed by atoms with van der Waals surface area (Å²) in [5, 5.41) is 23.2. The van der Waals surface area contributed by atoms with Gasteiger partial charge >= 0.3 is 0 Å². The van der Waals surface area contributed by atoms with Gasteiger partial charge < -0.3 is 34.6 Å². The predicted octanol–water partition coefficient (Wildman–Crippen LogP) is 1.45. The van der Waals surface area contributed by atoms with E-state index in [1.54, 1.807) is 17.9 Å². The zero-order valence-electron chi connectivity index (χ0n) is 20.4. The average Bonchev–Trinajstić information content (AvgIpc) is 3.40. The van der Waals surface area contributed by atoms with Crippen molar-refractivity contribution in [2.45, 2.75) is 57.0 Å². The van der Waals surface area contributed by atoms with Crippen LogP contribution in [-0.4, -0.2) is 91.0 Å². The Labute approximate surface area is 224 Å². The number of carbonyl (C=O) groups excluding carboxylic acids is 3. The van der Waals surface area contributed by atoms with Gasteiger partial charge in [0.15, 0.2) is 11.5 Å². The molecule has 198 valence electrons. The van der Waals surface area contributed by atoms with Crippen molar-refractivity contribution in [3.8, 4) is 11.5 Å². The Morgan fingerprint density at radius 2 is 2.14 bits per heavy atom. The Kier molecular flexibility index (Phi) is 10.5. The van der Waals surface area contributed by atoms with Crippen molar-refractivity contribution in [3.05, 3.63) is 32.9 Å². The molecule has 3 N–H and O–H groups in total. The van der Waals surface area contributed by atoms with Gasteiger partial charge in [0.2, 0.25) is 11.8 Å². The molecule has 1 aliphatic heterocycles. The van der Waals surface area contributed by atoms with Crippen molar-refractivity contribution in [2.24, 2.45) is 0 Å². The fourth-order valence-electron chi connectivity index (χ4n) is 4.47. The van der Waals surface area contributed by atoms with E-state index in [1.807, 2.05) is 22.6 Å². The second kappa shape index (κ2) is 13.4. The lowest BCUT2D eigenvalue weighted by molar-refractivity contribution is -0.140. The Balaban J connectivity index is 1.97. The molecule has 1 fully saturated rings. The number of carbonyl (C=O) groups is 3. The lowest BCUT2D eigenvalue weighted by Crippen LogP contribution is -2.56. The molecule has 2 amide bonds. The number of benzene rings is 1. The van der Waals surface area contributed by atoms with Crippen molar-refractivity contribution in [1.82, 2.24) is 10.2 Å². The maximum absolute atomic E-state index is 13.0. The van der Waals surface area contributed by atoms with Gasteiger partial charge in [0.25, 0.3) is 0 Å². The standard InChI is InChI=1S/C25H33IN2O8/c1-3-22(31)28(13-17-5-4-8-35-17)19-11-16(25(33)27-6-7-29)12-20(23(19)32)36-24-18(26)9-15(14-30)10-21(24)34-2/h9-10,12,14,17,19-20,23,29,32H,3-8,11,13H2,1-2H3,(H,27,33)/t17-,19-,20+,23+/m1/s1. The summed E-state index contributed by atoms with van der Waals surface area (Å²) in [6.45, 7) is 2.54. The summed E-state index contributed by atoms with van der Waals surface area (Å²) in [5.74, 6) is 0.0486. The molecule has 11 heteroatoms. The maximum atomic E-state index is 13.0. The topological polar surface area (TPSA) is 135 Å². The highest BCUT2D eigenvalue weighted by molar-refractivity contribution is 14.1. The highest BCUT2D eigenvalue weighted by Crippen LogP contribution is 2.37. The summed E-state index contributed by atoms with van der Waals surface area (Å²) < 4.78 is 17.9. The lowest BCUT2D eigenvalue weighted by atomic mass is 9.87. The molecule has 1 aliphatic carbocycles. The van der Waals surface area contributed by atoms with E-state index >= 15 is 0 Å². The fraction of sp³-hybridized carbons (Fsp3) is 0.560. The highest BCUT2D eigenvalue weighted by atomic mass is 127. The van der Waals surface area contributed by atoms with Crippen molar-refractivity contribution in [3.63, 3.8) is 0 Å². The molecule has 0 aromatic heterocycles. The van der Waals surface area contributed by atoms with Gasteiger partial charge in [0, 0.05) is 43.7 Å². The minimum absolute atomic E-state index is 0.0707. The number of halogens is 1. The third-order valence-electron chi connectivity index (χ3n) is 6.30. The first kappa shape index (κ1) is 28.4. The first-order chi connectivity index (χ1) is 17.3. The van der Waals surface area contributed by atoms with Crippen LogP contribution in [0.5, 0.6) is 11.5 Å². The third kappa shape index (κ3) is 6.75. The summed E-state index contributed by atoms with van der Waals surface area (Å²) in [6.07, 6.45) is 2.03. The van der Waals surface area contributed by atoms with E-state index in [4.69, 9.17) is 19.3 Å². The van der Waals surface area contributed by atoms with Crippen LogP contribution in [0.3, 0.4) is 0 Å². The minimum Gasteiger partial charge on any atom is -0.493 e. The van der Waals surface area contributed by atoms with Crippen molar-refractivity contribution in [2.75, 3.05) is 33.4 Å². The Bertz CT molecular complexity index is 979. The fourth-order valence-corrected chi connectivity index (χ4v) is 5.22. The Hall–Kier alpha value is -2.22. The van der Waals surface area contributed by atoms with Crippen LogP contribution in [0.2, 0.25) is 0 Å². The van der Waals surface area contributed by atoms with Crippen LogP contribution in [0.15, 0.2) is 23.8 Å². The number of aldehydes is 1. The van der Waals surface area contributed by atoms with E-state index in [-0.39, 0.29) is 38.0 Å². The van der Waals surface area contributed by atoms with E-state index in [2.05, 4.69) is 5.32 Å². The van der Waals surface area contributed by atoms with Gasteiger partial charge in [0.05, 0.1) is 29.4 Å². The lowest BCUT2D eigenvalue weighted by Gasteiger charge is -2.41. The zero-order valence-corrected chi connectivity index (χ0v) is 22.6. The third-order valence-corrected chi connectivity index (χ3v) is 7.10. The Morgan fingerprint density at radius 3 is 2.75 bits per heavy atom. The normalized spacial score (nSPS) is 23.5. The van der Waals surface area contributed by atoms with Gasteiger partial charge in [-0.25, -0.2) is 0 Å². The van der Waals surface area contributed by atoms with Gasteiger partial charge in [-0.05, 0) is 53.6 Å². The van der Waals surface area contributed by atoms with Crippen molar-refractivity contribution >= 4 is 40.7 Å². The number of hydrogen-bond donors (Lipinski definition) is 3. The van der Waals surface area contributed by atoms with Crippen LogP contribution in [0.4, 0.5) is 0 Å². The first-order valence-corrected chi connectivity index (χ1v) is 13.1. The van der Waals surface area contributed by atoms with Gasteiger partial charge in [-0.3, -0.25) is 14.4 Å². The molecule has 0 unspecified atom stereocenters. The summed E-state index contributed by atoms with van der Waals surface area (Å²) in [6, 6.07) is 2.42. The van der Waals surface area contributed by atoms with E-state index in [1.165, 1.54) is 19.3 Å². The van der Waals surface area contributed by atoms with E-state index < -0.39 is 24.2 Å². The number of nitrogens with zero attached hydrogens (tertiary/aromatic N) is 1. The smallest absolute Gasteiger partial charge is 0.247 e. The second-order valence-electron chi connectivity index (χ2n) is 8.70. The monoisotopic (exact) mass is 616 g/mol. The van der Waals surface area contributed by atoms with Gasteiger partial charge in [-0.1, -0.05) is 6.92 Å². The van der Waals surface area contributed by atoms with Crippen LogP contribution >= 0.6 is 22.6 Å². The van der Waals surface area contributed by atoms with Crippen LogP contribution < -0.4 is 14.8 Å². The summed E-state index contributed by atoms with van der Waals surface area (Å²) in [7, 11) is 1.44. The van der Waals surface area contributed by atoms with Crippen LogP contribution in [-0.2, 0) is 14.3 Å². The van der Waals surface area contributed by atoms with Crippen molar-refractivity contribution < 1.29 is 38.8 Å². The molecule has 0 spiro atoms. The highest BCUT2D eigenvalue weighted by Gasteiger charge is 2.41. The van der Waals surface area contributed by atoms with E-state index in [0.717, 1.165) is 12.8 Å². The Morgan fingerprint density at radius 1 is 1.36 bits per heavy atom. The molecular formula is C25H33IN2O8. The molecule has 2 aliphatic rings. The molecule has 1 heterocycles. The number of aliphatic hydroxyl groups is 2. The van der Waals surface area contributed by atoms with Gasteiger partial charge in [-0.2, -0.15) is 0 Å². The van der Waals surface area contributed by atoms with Crippen LogP contribution in [0.25, 0.3) is 0 Å². The molecule has 4 atom stereocenters. The number of nitrogens with one attached hydrogen (secondary N) is 1. The molecule has 36 heavy (non-hydrogen) atoms.